The zero-order chi connectivity index (χ0) is 27.1. The lowest BCUT2D eigenvalue weighted by atomic mass is 10.0. The van der Waals surface area contributed by atoms with Crippen molar-refractivity contribution in [1.29, 1.82) is 0 Å². The molecule has 0 spiro atoms. The molecule has 1 atom stereocenters. The Labute approximate surface area is 229 Å². The first kappa shape index (κ1) is 24.7. The van der Waals surface area contributed by atoms with Crippen LogP contribution in [0.1, 0.15) is 52.2 Å². The number of para-hydroxylation sites is 1. The molecule has 2 amide bonds. The fourth-order valence-electron chi connectivity index (χ4n) is 5.69. The number of rotatable bonds is 4. The van der Waals surface area contributed by atoms with Crippen molar-refractivity contribution in [3.05, 3.63) is 130 Å². The molecule has 1 aliphatic rings. The number of nitrogens with one attached hydrogen (secondary N) is 1. The number of fused-ring (bicyclic) bond motifs is 3. The van der Waals surface area contributed by atoms with E-state index in [0.717, 1.165) is 57.3 Å². The summed E-state index contributed by atoms with van der Waals surface area (Å²) in [5.41, 5.74) is 9.35. The minimum absolute atomic E-state index is 0.138. The summed E-state index contributed by atoms with van der Waals surface area (Å²) >= 11 is 0. The maximum Gasteiger partial charge on any atom is 0.322 e. The van der Waals surface area contributed by atoms with Gasteiger partial charge in [0.05, 0.1) is 29.7 Å². The Morgan fingerprint density at radius 1 is 0.897 bits per heavy atom. The highest BCUT2D eigenvalue weighted by molar-refractivity contribution is 5.90. The topological polar surface area (TPSA) is 55.1 Å². The molecule has 39 heavy (non-hydrogen) atoms. The van der Waals surface area contributed by atoms with E-state index in [4.69, 9.17) is 5.10 Å². The first-order chi connectivity index (χ1) is 18.9. The second-order valence-electron chi connectivity index (χ2n) is 10.4. The van der Waals surface area contributed by atoms with Gasteiger partial charge in [0.25, 0.3) is 0 Å². The second kappa shape index (κ2) is 9.95. The van der Waals surface area contributed by atoms with Crippen LogP contribution in [0.3, 0.4) is 0 Å². The lowest BCUT2D eigenvalue weighted by Gasteiger charge is -2.31. The molecule has 6 rings (SSSR count). The largest absolute Gasteiger partial charge is 0.322 e. The molecule has 0 bridgehead atoms. The normalized spacial score (nSPS) is 14.5. The van der Waals surface area contributed by atoms with Gasteiger partial charge in [-0.1, -0.05) is 61.0 Å². The number of carbonyl (C=O) groups is 1. The maximum absolute atomic E-state index is 14.2. The van der Waals surface area contributed by atoms with Crippen molar-refractivity contribution in [1.82, 2.24) is 19.2 Å². The van der Waals surface area contributed by atoms with Crippen molar-refractivity contribution < 1.29 is 4.79 Å². The molecule has 3 aromatic carbocycles. The molecule has 1 N–H and O–H groups in total. The molecule has 0 fully saturated rings. The van der Waals surface area contributed by atoms with Crippen LogP contribution in [0.4, 0.5) is 10.5 Å². The van der Waals surface area contributed by atoms with E-state index in [9.17, 15) is 4.79 Å². The zero-order valence-corrected chi connectivity index (χ0v) is 22.8. The molecule has 1 aliphatic heterocycles. The molecule has 196 valence electrons. The van der Waals surface area contributed by atoms with E-state index in [1.165, 1.54) is 5.56 Å². The third kappa shape index (κ3) is 4.52. The van der Waals surface area contributed by atoms with Crippen LogP contribution in [0.5, 0.6) is 0 Å². The second-order valence-corrected chi connectivity index (χ2v) is 10.4. The highest BCUT2D eigenvalue weighted by atomic mass is 16.2. The number of nitrogens with zero attached hydrogens (tertiary/aromatic N) is 4. The summed E-state index contributed by atoms with van der Waals surface area (Å²) in [6.45, 7) is 8.74. The van der Waals surface area contributed by atoms with Crippen LogP contribution in [0.25, 0.3) is 11.5 Å². The summed E-state index contributed by atoms with van der Waals surface area (Å²) in [6.07, 6.45) is 2.85. The van der Waals surface area contributed by atoms with E-state index < -0.39 is 0 Å². The number of benzene rings is 3. The van der Waals surface area contributed by atoms with Gasteiger partial charge in [-0.25, -0.2) is 9.48 Å². The van der Waals surface area contributed by atoms with Crippen LogP contribution in [0.2, 0.25) is 0 Å². The molecule has 0 aliphatic carbocycles. The van der Waals surface area contributed by atoms with E-state index >= 15 is 0 Å². The molecule has 0 unspecified atom stereocenters. The Balaban J connectivity index is 1.54. The lowest BCUT2D eigenvalue weighted by molar-refractivity contribution is 0.194. The fraction of sp³-hybridized carbons (Fsp3) is 0.212. The van der Waals surface area contributed by atoms with Crippen molar-refractivity contribution in [2.45, 2.75) is 46.7 Å². The van der Waals surface area contributed by atoms with Gasteiger partial charge in [0.1, 0.15) is 5.82 Å². The maximum atomic E-state index is 14.2. The Morgan fingerprint density at radius 3 is 2.31 bits per heavy atom. The van der Waals surface area contributed by atoms with Crippen LogP contribution in [0, 0.1) is 20.8 Å². The van der Waals surface area contributed by atoms with Crippen molar-refractivity contribution in [2.75, 3.05) is 5.32 Å². The fourth-order valence-corrected chi connectivity index (χ4v) is 5.69. The molecule has 6 nitrogen and oxygen atoms in total. The number of amides is 2. The van der Waals surface area contributed by atoms with Gasteiger partial charge >= 0.3 is 6.03 Å². The van der Waals surface area contributed by atoms with Gasteiger partial charge in [0.2, 0.25) is 0 Å². The highest BCUT2D eigenvalue weighted by Crippen LogP contribution is 2.39. The van der Waals surface area contributed by atoms with E-state index in [1.807, 2.05) is 53.8 Å². The van der Waals surface area contributed by atoms with Gasteiger partial charge < -0.3 is 14.8 Å². The molecular formula is C33H33N5O. The smallest absolute Gasteiger partial charge is 0.308 e. The van der Waals surface area contributed by atoms with E-state index in [1.54, 1.807) is 0 Å². The number of hydrogen-bond donors (Lipinski definition) is 1. The third-order valence-corrected chi connectivity index (χ3v) is 7.43. The predicted octanol–water partition coefficient (Wildman–Crippen LogP) is 7.29. The standard InChI is InChI=1S/C33H33N5O/c1-5-29-28-21-37(33(39)34-26-19-23(3)18-24(4)20-26)31(25-15-13-22(2)14-16-25)30-12-9-17-36(30)32(28)38(35-29)27-10-7-6-8-11-27/h6-20,31H,5,21H2,1-4H3,(H,34,39)/t31-/m0/s1. The molecule has 6 heteroatoms. The van der Waals surface area contributed by atoms with Gasteiger partial charge in [-0.05, 0) is 80.3 Å². The van der Waals surface area contributed by atoms with E-state index in [0.29, 0.717) is 6.54 Å². The summed E-state index contributed by atoms with van der Waals surface area (Å²) in [5.74, 6) is 0.983. The molecule has 0 saturated heterocycles. The van der Waals surface area contributed by atoms with Gasteiger partial charge in [0.15, 0.2) is 0 Å². The predicted molar refractivity (Wildman–Crippen MR) is 156 cm³/mol. The van der Waals surface area contributed by atoms with Crippen LogP contribution in [0.15, 0.2) is 91.1 Å². The molecule has 0 saturated carbocycles. The summed E-state index contributed by atoms with van der Waals surface area (Å²) in [4.78, 5) is 16.1. The SMILES string of the molecule is CCc1nn(-c2ccccc2)c2c1CN(C(=O)Nc1cc(C)cc(C)c1)[C@@H](c1ccc(C)cc1)c1cccn1-2. The van der Waals surface area contributed by atoms with Crippen LogP contribution in [-0.4, -0.2) is 25.3 Å². The Bertz CT molecular complexity index is 1630. The Kier molecular flexibility index (Phi) is 6.31. The first-order valence-corrected chi connectivity index (χ1v) is 13.5. The first-order valence-electron chi connectivity index (χ1n) is 13.5. The number of anilines is 1. The third-order valence-electron chi connectivity index (χ3n) is 7.43. The van der Waals surface area contributed by atoms with E-state index in [2.05, 4.69) is 84.5 Å². The number of hydrogen-bond acceptors (Lipinski definition) is 2. The van der Waals surface area contributed by atoms with Crippen molar-refractivity contribution in [2.24, 2.45) is 0 Å². The summed E-state index contributed by atoms with van der Waals surface area (Å²) in [7, 11) is 0. The minimum atomic E-state index is -0.284. The summed E-state index contributed by atoms with van der Waals surface area (Å²) in [6, 6.07) is 28.6. The Hall–Kier alpha value is -4.58. The molecular weight excluding hydrogens is 482 g/mol. The Morgan fingerprint density at radius 2 is 1.62 bits per heavy atom. The minimum Gasteiger partial charge on any atom is -0.308 e. The van der Waals surface area contributed by atoms with Gasteiger partial charge in [-0.15, -0.1) is 0 Å². The molecule has 2 aromatic heterocycles. The highest BCUT2D eigenvalue weighted by Gasteiger charge is 2.36. The van der Waals surface area contributed by atoms with Crippen molar-refractivity contribution in [3.8, 4) is 11.5 Å². The van der Waals surface area contributed by atoms with Gasteiger partial charge in [-0.3, -0.25) is 0 Å². The summed E-state index contributed by atoms with van der Waals surface area (Å²) in [5, 5.41) is 8.26. The average molecular weight is 516 g/mol. The van der Waals surface area contributed by atoms with Crippen LogP contribution < -0.4 is 5.32 Å². The molecule has 3 heterocycles. The number of aryl methyl sites for hydroxylation is 4. The van der Waals surface area contributed by atoms with E-state index in [-0.39, 0.29) is 12.1 Å². The summed E-state index contributed by atoms with van der Waals surface area (Å²) < 4.78 is 4.23. The number of carbonyl (C=O) groups excluding carboxylic acids is 1. The van der Waals surface area contributed by atoms with Crippen molar-refractivity contribution >= 4 is 11.7 Å². The monoisotopic (exact) mass is 515 g/mol. The van der Waals surface area contributed by atoms with Crippen molar-refractivity contribution in [3.63, 3.8) is 0 Å². The van der Waals surface area contributed by atoms with Crippen LogP contribution >= 0.6 is 0 Å². The number of urea groups is 1. The van der Waals surface area contributed by atoms with Gasteiger partial charge in [0, 0.05) is 17.4 Å². The zero-order valence-electron chi connectivity index (χ0n) is 22.8. The van der Waals surface area contributed by atoms with Gasteiger partial charge in [-0.2, -0.15) is 5.10 Å². The quantitative estimate of drug-likeness (QED) is 0.273. The number of aromatic nitrogens is 3. The molecule has 0 radical (unpaired) electrons. The average Bonchev–Trinajstić information content (AvgIpc) is 3.50. The lowest BCUT2D eigenvalue weighted by Crippen LogP contribution is -2.38. The molecule has 5 aromatic rings. The van der Waals surface area contributed by atoms with Crippen LogP contribution in [-0.2, 0) is 13.0 Å².